The number of fused-ring (bicyclic) bond motifs is 1. The topological polar surface area (TPSA) is 38.7 Å². The van der Waals surface area contributed by atoms with E-state index in [4.69, 9.17) is 9.47 Å². The van der Waals surface area contributed by atoms with Crippen molar-refractivity contribution < 1.29 is 14.6 Å². The van der Waals surface area contributed by atoms with Crippen molar-refractivity contribution in [3.8, 4) is 11.5 Å². The summed E-state index contributed by atoms with van der Waals surface area (Å²) in [4.78, 5) is 0. The average Bonchev–Trinajstić information content (AvgIpc) is 2.38. The fourth-order valence-corrected chi connectivity index (χ4v) is 2.33. The SMILES string of the molecule is CC[C@@H]1C=Cc2c(OC)ccc(OC)c2[C@H]1O. The highest BCUT2D eigenvalue weighted by Crippen LogP contribution is 2.43. The van der Waals surface area contributed by atoms with Crippen molar-refractivity contribution in [2.24, 2.45) is 5.92 Å². The zero-order valence-electron chi connectivity index (χ0n) is 10.4. The minimum absolute atomic E-state index is 0.142. The van der Waals surface area contributed by atoms with Crippen LogP contribution in [0.2, 0.25) is 0 Å². The molecular formula is C14H18O3. The number of methoxy groups -OCH3 is 2. The molecule has 2 atom stereocenters. The van der Waals surface area contributed by atoms with Crippen molar-refractivity contribution in [2.45, 2.75) is 19.4 Å². The van der Waals surface area contributed by atoms with Crippen molar-refractivity contribution >= 4 is 6.08 Å². The molecule has 2 rings (SSSR count). The molecular weight excluding hydrogens is 216 g/mol. The van der Waals surface area contributed by atoms with Crippen LogP contribution in [0.5, 0.6) is 11.5 Å². The fourth-order valence-electron chi connectivity index (χ4n) is 2.33. The lowest BCUT2D eigenvalue weighted by atomic mass is 9.84. The van der Waals surface area contributed by atoms with Crippen LogP contribution in [-0.4, -0.2) is 19.3 Å². The lowest BCUT2D eigenvalue weighted by Crippen LogP contribution is -2.16. The zero-order chi connectivity index (χ0) is 12.4. The molecule has 0 heterocycles. The van der Waals surface area contributed by atoms with Crippen molar-refractivity contribution in [1.29, 1.82) is 0 Å². The lowest BCUT2D eigenvalue weighted by Gasteiger charge is -2.27. The Labute approximate surface area is 102 Å². The summed E-state index contributed by atoms with van der Waals surface area (Å²) in [7, 11) is 3.25. The number of aliphatic hydroxyl groups is 1. The lowest BCUT2D eigenvalue weighted by molar-refractivity contribution is 0.124. The molecule has 0 amide bonds. The summed E-state index contributed by atoms with van der Waals surface area (Å²) in [6.45, 7) is 2.07. The first kappa shape index (κ1) is 12.0. The highest BCUT2D eigenvalue weighted by Gasteiger charge is 2.28. The summed E-state index contributed by atoms with van der Waals surface area (Å²) in [6, 6.07) is 3.70. The second kappa shape index (κ2) is 4.80. The molecule has 0 unspecified atom stereocenters. The van der Waals surface area contributed by atoms with Crippen LogP contribution in [0, 0.1) is 5.92 Å². The summed E-state index contributed by atoms with van der Waals surface area (Å²) in [5, 5.41) is 10.4. The van der Waals surface area contributed by atoms with Gasteiger partial charge in [-0.2, -0.15) is 0 Å². The standard InChI is InChI=1S/C14H18O3/c1-4-9-5-6-10-11(16-2)7-8-12(17-3)13(10)14(9)15/h5-9,14-15H,4H2,1-3H3/t9-,14+/m1/s1. The van der Waals surface area contributed by atoms with Crippen LogP contribution in [-0.2, 0) is 0 Å². The molecule has 1 aromatic carbocycles. The molecule has 3 heteroatoms. The van der Waals surface area contributed by atoms with Gasteiger partial charge < -0.3 is 14.6 Å². The highest BCUT2D eigenvalue weighted by atomic mass is 16.5. The summed E-state index contributed by atoms with van der Waals surface area (Å²) >= 11 is 0. The number of rotatable bonds is 3. The Morgan fingerprint density at radius 3 is 2.41 bits per heavy atom. The van der Waals surface area contributed by atoms with Gasteiger partial charge in [-0.3, -0.25) is 0 Å². The van der Waals surface area contributed by atoms with Gasteiger partial charge in [0.15, 0.2) is 0 Å². The normalized spacial score (nSPS) is 22.1. The molecule has 1 aliphatic rings. The summed E-state index contributed by atoms with van der Waals surface area (Å²) in [6.07, 6.45) is 4.43. The first-order valence-electron chi connectivity index (χ1n) is 5.84. The van der Waals surface area contributed by atoms with E-state index in [0.717, 1.165) is 29.0 Å². The molecule has 0 aliphatic heterocycles. The monoisotopic (exact) mass is 234 g/mol. The van der Waals surface area contributed by atoms with E-state index in [2.05, 4.69) is 6.92 Å². The Balaban J connectivity index is 2.58. The van der Waals surface area contributed by atoms with E-state index in [0.29, 0.717) is 0 Å². The predicted octanol–water partition coefficient (Wildman–Crippen LogP) is 2.79. The maximum absolute atomic E-state index is 10.4. The number of hydrogen-bond acceptors (Lipinski definition) is 3. The third kappa shape index (κ3) is 1.91. The van der Waals surface area contributed by atoms with Gasteiger partial charge in [0.05, 0.1) is 20.3 Å². The number of benzene rings is 1. The molecule has 1 aliphatic carbocycles. The van der Waals surface area contributed by atoms with Crippen molar-refractivity contribution in [3.63, 3.8) is 0 Å². The Bertz CT molecular complexity index is 437. The van der Waals surface area contributed by atoms with Crippen molar-refractivity contribution in [1.82, 2.24) is 0 Å². The predicted molar refractivity (Wildman–Crippen MR) is 67.3 cm³/mol. The molecule has 0 spiro atoms. The number of hydrogen-bond donors (Lipinski definition) is 1. The van der Waals surface area contributed by atoms with E-state index in [9.17, 15) is 5.11 Å². The maximum Gasteiger partial charge on any atom is 0.126 e. The fraction of sp³-hybridized carbons (Fsp3) is 0.429. The van der Waals surface area contributed by atoms with Gasteiger partial charge in [-0.05, 0) is 18.6 Å². The molecule has 1 N–H and O–H groups in total. The molecule has 0 aromatic heterocycles. The molecule has 1 aromatic rings. The molecule has 3 nitrogen and oxygen atoms in total. The summed E-state index contributed by atoms with van der Waals surface area (Å²) in [5.41, 5.74) is 1.75. The third-order valence-corrected chi connectivity index (χ3v) is 3.33. The average molecular weight is 234 g/mol. The van der Waals surface area contributed by atoms with Crippen LogP contribution in [0.4, 0.5) is 0 Å². The van der Waals surface area contributed by atoms with Crippen LogP contribution in [0.15, 0.2) is 18.2 Å². The van der Waals surface area contributed by atoms with E-state index in [1.807, 2.05) is 24.3 Å². The first-order valence-corrected chi connectivity index (χ1v) is 5.84. The number of aliphatic hydroxyl groups excluding tert-OH is 1. The molecule has 92 valence electrons. The van der Waals surface area contributed by atoms with E-state index in [1.54, 1.807) is 14.2 Å². The molecule has 0 fully saturated rings. The van der Waals surface area contributed by atoms with E-state index < -0.39 is 6.10 Å². The van der Waals surface area contributed by atoms with Crippen LogP contribution >= 0.6 is 0 Å². The summed E-state index contributed by atoms with van der Waals surface area (Å²) in [5.74, 6) is 1.63. The van der Waals surface area contributed by atoms with Gasteiger partial charge in [0.1, 0.15) is 11.5 Å². The van der Waals surface area contributed by atoms with Gasteiger partial charge in [-0.1, -0.05) is 19.1 Å². The Hall–Kier alpha value is -1.48. The quantitative estimate of drug-likeness (QED) is 0.874. The molecule has 0 saturated heterocycles. The van der Waals surface area contributed by atoms with Gasteiger partial charge >= 0.3 is 0 Å². The van der Waals surface area contributed by atoms with E-state index >= 15 is 0 Å². The second-order valence-corrected chi connectivity index (χ2v) is 4.17. The van der Waals surface area contributed by atoms with Gasteiger partial charge in [0.25, 0.3) is 0 Å². The number of ether oxygens (including phenoxy) is 2. The van der Waals surface area contributed by atoms with Crippen LogP contribution in [0.1, 0.15) is 30.6 Å². The molecule has 0 bridgehead atoms. The van der Waals surface area contributed by atoms with E-state index in [-0.39, 0.29) is 5.92 Å². The smallest absolute Gasteiger partial charge is 0.126 e. The van der Waals surface area contributed by atoms with Gasteiger partial charge in [-0.15, -0.1) is 0 Å². The Morgan fingerprint density at radius 1 is 1.18 bits per heavy atom. The molecule has 17 heavy (non-hydrogen) atoms. The van der Waals surface area contributed by atoms with Crippen LogP contribution < -0.4 is 9.47 Å². The third-order valence-electron chi connectivity index (χ3n) is 3.33. The first-order chi connectivity index (χ1) is 8.22. The van der Waals surface area contributed by atoms with Crippen LogP contribution in [0.3, 0.4) is 0 Å². The Kier molecular flexibility index (Phi) is 3.38. The Morgan fingerprint density at radius 2 is 1.82 bits per heavy atom. The minimum atomic E-state index is -0.523. The summed E-state index contributed by atoms with van der Waals surface area (Å²) < 4.78 is 10.6. The largest absolute Gasteiger partial charge is 0.496 e. The maximum atomic E-state index is 10.4. The second-order valence-electron chi connectivity index (χ2n) is 4.17. The molecule has 0 radical (unpaired) electrons. The minimum Gasteiger partial charge on any atom is -0.496 e. The molecule has 0 saturated carbocycles. The van der Waals surface area contributed by atoms with Gasteiger partial charge in [0, 0.05) is 17.0 Å². The zero-order valence-corrected chi connectivity index (χ0v) is 10.4. The highest BCUT2D eigenvalue weighted by molar-refractivity contribution is 5.68. The van der Waals surface area contributed by atoms with Crippen molar-refractivity contribution in [3.05, 3.63) is 29.3 Å². The van der Waals surface area contributed by atoms with Gasteiger partial charge in [0.2, 0.25) is 0 Å². The van der Waals surface area contributed by atoms with Gasteiger partial charge in [-0.25, -0.2) is 0 Å². The van der Waals surface area contributed by atoms with E-state index in [1.165, 1.54) is 0 Å². The van der Waals surface area contributed by atoms with Crippen molar-refractivity contribution in [2.75, 3.05) is 14.2 Å². The van der Waals surface area contributed by atoms with Crippen LogP contribution in [0.25, 0.3) is 6.08 Å².